The highest BCUT2D eigenvalue weighted by Crippen LogP contribution is 2.26. The van der Waals surface area contributed by atoms with Gasteiger partial charge < -0.3 is 14.8 Å². The molecule has 0 radical (unpaired) electrons. The average molecular weight is 355 g/mol. The molecule has 0 spiro atoms. The number of nitrogens with zero attached hydrogens (tertiary/aromatic N) is 1. The molecule has 0 aromatic heterocycles. The minimum absolute atomic E-state index is 0.537. The topological polar surface area (TPSA) is 89.0 Å². The van der Waals surface area contributed by atoms with E-state index >= 15 is 0 Å². The Morgan fingerprint density at radius 2 is 1.65 bits per heavy atom. The summed E-state index contributed by atoms with van der Waals surface area (Å²) in [5.74, 6) is -0.533. The maximum Gasteiger partial charge on any atom is 0.329 e. The van der Waals surface area contributed by atoms with Crippen molar-refractivity contribution in [2.45, 2.75) is 13.8 Å². The van der Waals surface area contributed by atoms with Gasteiger partial charge in [0.1, 0.15) is 0 Å². The first-order chi connectivity index (χ1) is 12.4. The lowest BCUT2D eigenvalue weighted by molar-refractivity contribution is -0.136. The van der Waals surface area contributed by atoms with E-state index in [0.717, 1.165) is 11.1 Å². The van der Waals surface area contributed by atoms with Crippen LogP contribution in [0, 0.1) is 13.8 Å². The molecule has 0 saturated carbocycles. The van der Waals surface area contributed by atoms with Gasteiger partial charge in [-0.25, -0.2) is 5.43 Å². The first-order valence-corrected chi connectivity index (χ1v) is 7.88. The first-order valence-electron chi connectivity index (χ1n) is 7.88. The van der Waals surface area contributed by atoms with Crippen LogP contribution in [0.3, 0.4) is 0 Å². The number of ether oxygens (including phenoxy) is 2. The van der Waals surface area contributed by atoms with E-state index in [2.05, 4.69) is 15.8 Å². The second-order valence-corrected chi connectivity index (χ2v) is 5.57. The van der Waals surface area contributed by atoms with Gasteiger partial charge in [0.2, 0.25) is 0 Å². The third-order valence-electron chi connectivity index (χ3n) is 3.76. The van der Waals surface area contributed by atoms with E-state index in [1.165, 1.54) is 13.3 Å². The van der Waals surface area contributed by atoms with Crippen LogP contribution >= 0.6 is 0 Å². The smallest absolute Gasteiger partial charge is 0.329 e. The largest absolute Gasteiger partial charge is 0.493 e. The molecule has 26 heavy (non-hydrogen) atoms. The summed E-state index contributed by atoms with van der Waals surface area (Å²) >= 11 is 0. The molecule has 136 valence electrons. The summed E-state index contributed by atoms with van der Waals surface area (Å²) in [7, 11) is 3.07. The van der Waals surface area contributed by atoms with Crippen LogP contribution in [-0.2, 0) is 9.59 Å². The predicted octanol–water partition coefficient (Wildman–Crippen LogP) is 2.41. The molecular formula is C19H21N3O4. The number of hydrogen-bond donors (Lipinski definition) is 2. The van der Waals surface area contributed by atoms with Gasteiger partial charge >= 0.3 is 11.8 Å². The number of carbonyl (C=O) groups excluding carboxylic acids is 2. The van der Waals surface area contributed by atoms with Gasteiger partial charge in [-0.05, 0) is 60.9 Å². The van der Waals surface area contributed by atoms with Gasteiger partial charge in [0.05, 0.1) is 20.4 Å². The Morgan fingerprint density at radius 1 is 0.923 bits per heavy atom. The van der Waals surface area contributed by atoms with Crippen molar-refractivity contribution >= 4 is 23.7 Å². The third kappa shape index (κ3) is 4.83. The molecule has 0 aliphatic heterocycles. The van der Waals surface area contributed by atoms with Crippen LogP contribution in [0.5, 0.6) is 11.5 Å². The lowest BCUT2D eigenvalue weighted by Crippen LogP contribution is -2.32. The molecule has 0 aliphatic rings. The zero-order valence-corrected chi connectivity index (χ0v) is 15.1. The fourth-order valence-corrected chi connectivity index (χ4v) is 2.16. The van der Waals surface area contributed by atoms with Crippen LogP contribution in [0.2, 0.25) is 0 Å². The van der Waals surface area contributed by atoms with Crippen molar-refractivity contribution in [2.75, 3.05) is 19.5 Å². The number of hydrogen-bond acceptors (Lipinski definition) is 5. The number of hydrazone groups is 1. The number of amides is 2. The average Bonchev–Trinajstić information content (AvgIpc) is 2.64. The minimum atomic E-state index is -0.861. The normalized spacial score (nSPS) is 10.5. The Kier molecular flexibility index (Phi) is 6.32. The molecule has 2 amide bonds. The van der Waals surface area contributed by atoms with Crippen LogP contribution in [0.25, 0.3) is 0 Å². The molecule has 0 atom stereocenters. The Morgan fingerprint density at radius 3 is 2.31 bits per heavy atom. The van der Waals surface area contributed by atoms with Gasteiger partial charge in [0, 0.05) is 5.69 Å². The summed E-state index contributed by atoms with van der Waals surface area (Å²) in [5.41, 5.74) is 5.55. The van der Waals surface area contributed by atoms with Crippen LogP contribution in [0.15, 0.2) is 41.5 Å². The van der Waals surface area contributed by atoms with Crippen LogP contribution < -0.4 is 20.2 Å². The molecule has 0 bridgehead atoms. The molecule has 7 heteroatoms. The number of anilines is 1. The van der Waals surface area contributed by atoms with Gasteiger partial charge in [-0.1, -0.05) is 6.07 Å². The lowest BCUT2D eigenvalue weighted by atomic mass is 10.1. The summed E-state index contributed by atoms with van der Waals surface area (Å²) < 4.78 is 10.3. The van der Waals surface area contributed by atoms with Crippen molar-refractivity contribution < 1.29 is 19.1 Å². The maximum absolute atomic E-state index is 11.9. The number of benzene rings is 2. The molecule has 0 aliphatic carbocycles. The van der Waals surface area contributed by atoms with E-state index in [9.17, 15) is 9.59 Å². The fraction of sp³-hybridized carbons (Fsp3) is 0.211. The van der Waals surface area contributed by atoms with Gasteiger partial charge in [-0.15, -0.1) is 0 Å². The Labute approximate surface area is 152 Å². The van der Waals surface area contributed by atoms with Gasteiger partial charge in [-0.3, -0.25) is 9.59 Å². The number of aryl methyl sites for hydroxylation is 2. The second-order valence-electron chi connectivity index (χ2n) is 5.57. The van der Waals surface area contributed by atoms with E-state index < -0.39 is 11.8 Å². The van der Waals surface area contributed by atoms with Gasteiger partial charge in [0.25, 0.3) is 0 Å². The number of methoxy groups -OCH3 is 2. The van der Waals surface area contributed by atoms with E-state index in [0.29, 0.717) is 22.7 Å². The van der Waals surface area contributed by atoms with Crippen molar-refractivity contribution in [3.8, 4) is 11.5 Å². The number of carbonyl (C=O) groups is 2. The monoisotopic (exact) mass is 355 g/mol. The summed E-state index contributed by atoms with van der Waals surface area (Å²) in [6.45, 7) is 3.90. The fourth-order valence-electron chi connectivity index (χ4n) is 2.16. The predicted molar refractivity (Wildman–Crippen MR) is 99.8 cm³/mol. The molecule has 2 N–H and O–H groups in total. The van der Waals surface area contributed by atoms with Crippen LogP contribution in [-0.4, -0.2) is 32.2 Å². The Hall–Kier alpha value is -3.35. The van der Waals surface area contributed by atoms with Gasteiger partial charge in [0.15, 0.2) is 11.5 Å². The van der Waals surface area contributed by atoms with Crippen molar-refractivity contribution in [3.63, 3.8) is 0 Å². The standard InChI is InChI=1S/C19H21N3O4/c1-12-5-7-15(9-13(12)2)21-18(23)19(24)22-20-11-14-6-8-16(25-3)17(10-14)26-4/h5-11H,1-4H3,(H,21,23)(H,22,24)/b20-11-. The van der Waals surface area contributed by atoms with Crippen molar-refractivity contribution in [2.24, 2.45) is 5.10 Å². The third-order valence-corrected chi connectivity index (χ3v) is 3.76. The Bertz CT molecular complexity index is 847. The quantitative estimate of drug-likeness (QED) is 0.490. The SMILES string of the molecule is COc1ccc(/C=N\NC(=O)C(=O)Nc2ccc(C)c(C)c2)cc1OC. The Balaban J connectivity index is 1.95. The van der Waals surface area contributed by atoms with E-state index in [4.69, 9.17) is 9.47 Å². The second kappa shape index (κ2) is 8.66. The zero-order valence-electron chi connectivity index (χ0n) is 15.1. The molecule has 2 aromatic rings. The number of rotatable bonds is 5. The first kappa shape index (κ1) is 19.0. The minimum Gasteiger partial charge on any atom is -0.493 e. The molecule has 0 saturated heterocycles. The maximum atomic E-state index is 11.9. The highest BCUT2D eigenvalue weighted by atomic mass is 16.5. The summed E-state index contributed by atoms with van der Waals surface area (Å²) in [5, 5.41) is 6.32. The summed E-state index contributed by atoms with van der Waals surface area (Å²) in [6, 6.07) is 10.6. The van der Waals surface area contributed by atoms with Crippen molar-refractivity contribution in [3.05, 3.63) is 53.1 Å². The van der Waals surface area contributed by atoms with Gasteiger partial charge in [-0.2, -0.15) is 5.10 Å². The number of nitrogens with one attached hydrogen (secondary N) is 2. The zero-order chi connectivity index (χ0) is 19.1. The molecule has 0 fully saturated rings. The molecule has 2 rings (SSSR count). The van der Waals surface area contributed by atoms with E-state index in [-0.39, 0.29) is 0 Å². The molecule has 0 heterocycles. The van der Waals surface area contributed by atoms with Crippen molar-refractivity contribution in [1.82, 2.24) is 5.43 Å². The van der Waals surface area contributed by atoms with Crippen molar-refractivity contribution in [1.29, 1.82) is 0 Å². The molecular weight excluding hydrogens is 334 g/mol. The highest BCUT2D eigenvalue weighted by Gasteiger charge is 2.13. The van der Waals surface area contributed by atoms with Crippen LogP contribution in [0.1, 0.15) is 16.7 Å². The molecule has 7 nitrogen and oxygen atoms in total. The molecule has 2 aromatic carbocycles. The molecule has 0 unspecified atom stereocenters. The van der Waals surface area contributed by atoms with E-state index in [1.807, 2.05) is 19.9 Å². The lowest BCUT2D eigenvalue weighted by Gasteiger charge is -2.07. The summed E-state index contributed by atoms with van der Waals surface area (Å²) in [4.78, 5) is 23.7. The summed E-state index contributed by atoms with van der Waals surface area (Å²) in [6.07, 6.45) is 1.41. The van der Waals surface area contributed by atoms with E-state index in [1.54, 1.807) is 37.4 Å². The highest BCUT2D eigenvalue weighted by molar-refractivity contribution is 6.39. The van der Waals surface area contributed by atoms with Crippen LogP contribution in [0.4, 0.5) is 5.69 Å².